The predicted octanol–water partition coefficient (Wildman–Crippen LogP) is 3.83. The number of hydrogen-bond donors (Lipinski definition) is 1. The summed E-state index contributed by atoms with van der Waals surface area (Å²) in [6, 6.07) is 7.72. The van der Waals surface area contributed by atoms with Crippen molar-refractivity contribution in [3.63, 3.8) is 0 Å². The van der Waals surface area contributed by atoms with Gasteiger partial charge >= 0.3 is 0 Å². The SMILES string of the molecule is O=C(/C=C/c1ccco1)Nc1ccc(F)c(Br)c1. The van der Waals surface area contributed by atoms with Crippen LogP contribution in [-0.4, -0.2) is 5.91 Å². The van der Waals surface area contributed by atoms with Gasteiger partial charge in [0, 0.05) is 11.8 Å². The fraction of sp³-hybridized carbons (Fsp3) is 0. The molecule has 2 rings (SSSR count). The van der Waals surface area contributed by atoms with Crippen LogP contribution in [0.3, 0.4) is 0 Å². The monoisotopic (exact) mass is 309 g/mol. The average Bonchev–Trinajstić information content (AvgIpc) is 2.84. The number of anilines is 1. The summed E-state index contributed by atoms with van der Waals surface area (Å²) in [5.74, 6) is -0.102. The Morgan fingerprint density at radius 1 is 1.39 bits per heavy atom. The van der Waals surface area contributed by atoms with Crippen molar-refractivity contribution in [3.05, 3.63) is 58.7 Å². The molecule has 1 heterocycles. The lowest BCUT2D eigenvalue weighted by Crippen LogP contribution is -2.07. The third-order valence-electron chi connectivity index (χ3n) is 2.13. The molecule has 92 valence electrons. The molecule has 0 spiro atoms. The van der Waals surface area contributed by atoms with Crippen molar-refractivity contribution in [2.24, 2.45) is 0 Å². The first-order valence-corrected chi connectivity index (χ1v) is 5.92. The van der Waals surface area contributed by atoms with Crippen LogP contribution in [0.1, 0.15) is 5.76 Å². The summed E-state index contributed by atoms with van der Waals surface area (Å²) in [4.78, 5) is 11.6. The number of nitrogens with one attached hydrogen (secondary N) is 1. The summed E-state index contributed by atoms with van der Waals surface area (Å²) in [5, 5.41) is 2.61. The average molecular weight is 310 g/mol. The second-order valence-electron chi connectivity index (χ2n) is 3.47. The van der Waals surface area contributed by atoms with Crippen LogP contribution in [0.25, 0.3) is 6.08 Å². The van der Waals surface area contributed by atoms with E-state index in [4.69, 9.17) is 4.42 Å². The molecule has 0 unspecified atom stereocenters. The van der Waals surface area contributed by atoms with Gasteiger partial charge in [0.05, 0.1) is 10.7 Å². The third-order valence-corrected chi connectivity index (χ3v) is 2.74. The maximum atomic E-state index is 13.0. The molecule has 0 aliphatic heterocycles. The highest BCUT2D eigenvalue weighted by molar-refractivity contribution is 9.10. The van der Waals surface area contributed by atoms with Crippen molar-refractivity contribution in [2.75, 3.05) is 5.32 Å². The summed E-state index contributed by atoms with van der Waals surface area (Å²) in [5.41, 5.74) is 0.511. The van der Waals surface area contributed by atoms with Crippen molar-refractivity contribution in [2.45, 2.75) is 0 Å². The number of hydrogen-bond acceptors (Lipinski definition) is 2. The minimum atomic E-state index is -0.376. The Balaban J connectivity index is 2.01. The smallest absolute Gasteiger partial charge is 0.248 e. The highest BCUT2D eigenvalue weighted by Gasteiger charge is 2.02. The molecule has 0 atom stereocenters. The minimum Gasteiger partial charge on any atom is -0.465 e. The van der Waals surface area contributed by atoms with Gasteiger partial charge in [-0.1, -0.05) is 0 Å². The molecule has 5 heteroatoms. The molecule has 1 N–H and O–H groups in total. The molecule has 0 saturated heterocycles. The molecule has 0 fully saturated rings. The summed E-state index contributed by atoms with van der Waals surface area (Å²) >= 11 is 3.05. The van der Waals surface area contributed by atoms with E-state index in [-0.39, 0.29) is 11.7 Å². The Labute approximate surface area is 111 Å². The molecule has 0 aliphatic rings. The van der Waals surface area contributed by atoms with Crippen LogP contribution in [-0.2, 0) is 4.79 Å². The molecule has 1 aromatic carbocycles. The van der Waals surface area contributed by atoms with Crippen molar-refractivity contribution in [3.8, 4) is 0 Å². The maximum absolute atomic E-state index is 13.0. The van der Waals surface area contributed by atoms with E-state index >= 15 is 0 Å². The molecular weight excluding hydrogens is 301 g/mol. The largest absolute Gasteiger partial charge is 0.465 e. The number of halogens is 2. The van der Waals surface area contributed by atoms with Crippen molar-refractivity contribution in [1.29, 1.82) is 0 Å². The van der Waals surface area contributed by atoms with E-state index in [1.807, 2.05) is 0 Å². The van der Waals surface area contributed by atoms with Crippen LogP contribution >= 0.6 is 15.9 Å². The van der Waals surface area contributed by atoms with Crippen LogP contribution in [0.15, 0.2) is 51.6 Å². The summed E-state index contributed by atoms with van der Waals surface area (Å²) < 4.78 is 18.3. The fourth-order valence-corrected chi connectivity index (χ4v) is 1.68. The molecule has 18 heavy (non-hydrogen) atoms. The maximum Gasteiger partial charge on any atom is 0.248 e. The summed E-state index contributed by atoms with van der Waals surface area (Å²) in [6.07, 6.45) is 4.42. The quantitative estimate of drug-likeness (QED) is 0.875. The Bertz CT molecular complexity index is 579. The van der Waals surface area contributed by atoms with Gasteiger partial charge in [-0.3, -0.25) is 4.79 Å². The topological polar surface area (TPSA) is 42.2 Å². The van der Waals surface area contributed by atoms with Gasteiger partial charge in [0.25, 0.3) is 0 Å². The number of benzene rings is 1. The molecular formula is C13H9BrFNO2. The molecule has 2 aromatic rings. The number of carbonyl (C=O) groups excluding carboxylic acids is 1. The van der Waals surface area contributed by atoms with E-state index in [2.05, 4.69) is 21.2 Å². The summed E-state index contributed by atoms with van der Waals surface area (Å²) in [6.45, 7) is 0. The lowest BCUT2D eigenvalue weighted by molar-refractivity contribution is -0.111. The first kappa shape index (κ1) is 12.6. The molecule has 1 amide bonds. The normalized spacial score (nSPS) is 10.8. The van der Waals surface area contributed by atoms with Crippen molar-refractivity contribution >= 4 is 33.6 Å². The molecule has 0 saturated carbocycles. The number of carbonyl (C=O) groups is 1. The first-order valence-electron chi connectivity index (χ1n) is 5.13. The number of rotatable bonds is 3. The molecule has 0 radical (unpaired) electrons. The second kappa shape index (κ2) is 5.64. The first-order chi connectivity index (χ1) is 8.65. The zero-order valence-corrected chi connectivity index (χ0v) is 10.8. The van der Waals surface area contributed by atoms with Gasteiger partial charge in [-0.05, 0) is 52.3 Å². The zero-order valence-electron chi connectivity index (χ0n) is 9.19. The lowest BCUT2D eigenvalue weighted by atomic mass is 10.3. The van der Waals surface area contributed by atoms with Gasteiger partial charge in [0.15, 0.2) is 0 Å². The Morgan fingerprint density at radius 3 is 2.89 bits per heavy atom. The van der Waals surface area contributed by atoms with E-state index in [1.54, 1.807) is 18.2 Å². The highest BCUT2D eigenvalue weighted by Crippen LogP contribution is 2.19. The standard InChI is InChI=1S/C13H9BrFNO2/c14-11-8-9(3-5-12(11)15)16-13(17)6-4-10-2-1-7-18-10/h1-8H,(H,16,17)/b6-4+. The second-order valence-corrected chi connectivity index (χ2v) is 4.32. The van der Waals surface area contributed by atoms with Gasteiger partial charge in [0.1, 0.15) is 11.6 Å². The van der Waals surface area contributed by atoms with Gasteiger partial charge in [-0.25, -0.2) is 4.39 Å². The predicted molar refractivity (Wildman–Crippen MR) is 70.5 cm³/mol. The molecule has 0 aliphatic carbocycles. The Morgan fingerprint density at radius 2 is 2.22 bits per heavy atom. The summed E-state index contributed by atoms with van der Waals surface area (Å²) in [7, 11) is 0. The zero-order chi connectivity index (χ0) is 13.0. The lowest BCUT2D eigenvalue weighted by Gasteiger charge is -2.02. The van der Waals surface area contributed by atoms with Crippen LogP contribution < -0.4 is 5.32 Å². The van der Waals surface area contributed by atoms with E-state index < -0.39 is 0 Å². The van der Waals surface area contributed by atoms with Gasteiger partial charge < -0.3 is 9.73 Å². The molecule has 0 bridgehead atoms. The molecule has 3 nitrogen and oxygen atoms in total. The van der Waals surface area contributed by atoms with Gasteiger partial charge in [-0.2, -0.15) is 0 Å². The van der Waals surface area contributed by atoms with Gasteiger partial charge in [0.2, 0.25) is 5.91 Å². The number of amides is 1. The van der Waals surface area contributed by atoms with Crippen LogP contribution in [0, 0.1) is 5.82 Å². The third kappa shape index (κ3) is 3.30. The van der Waals surface area contributed by atoms with E-state index in [0.29, 0.717) is 15.9 Å². The van der Waals surface area contributed by atoms with Crippen molar-refractivity contribution < 1.29 is 13.6 Å². The van der Waals surface area contributed by atoms with Crippen LogP contribution in [0.4, 0.5) is 10.1 Å². The minimum absolute atomic E-state index is 0.301. The molecule has 1 aromatic heterocycles. The number of furan rings is 1. The fourth-order valence-electron chi connectivity index (χ4n) is 1.30. The van der Waals surface area contributed by atoms with Crippen molar-refractivity contribution in [1.82, 2.24) is 0 Å². The Hall–Kier alpha value is -1.88. The van der Waals surface area contributed by atoms with Crippen LogP contribution in [0.5, 0.6) is 0 Å². The Kier molecular flexibility index (Phi) is 3.94. The van der Waals surface area contributed by atoms with Crippen LogP contribution in [0.2, 0.25) is 0 Å². The highest BCUT2D eigenvalue weighted by atomic mass is 79.9. The van der Waals surface area contributed by atoms with Gasteiger partial charge in [-0.15, -0.1) is 0 Å². The van der Waals surface area contributed by atoms with E-state index in [0.717, 1.165) is 0 Å². The van der Waals surface area contributed by atoms with E-state index in [1.165, 1.54) is 30.5 Å². The van der Waals surface area contributed by atoms with E-state index in [9.17, 15) is 9.18 Å².